The number of hydrogen-bond donors (Lipinski definition) is 3. The minimum atomic E-state index is -0.674. The fourth-order valence-electron chi connectivity index (χ4n) is 2.75. The predicted octanol–water partition coefficient (Wildman–Crippen LogP) is 3.25. The van der Waals surface area contributed by atoms with Crippen LogP contribution in [0.1, 0.15) is 12.5 Å². The molecule has 0 aliphatic carbocycles. The van der Waals surface area contributed by atoms with E-state index in [4.69, 9.17) is 0 Å². The Morgan fingerprint density at radius 1 is 0.870 bits per heavy atom. The monoisotopic (exact) mass is 331 g/mol. The van der Waals surface area contributed by atoms with Gasteiger partial charge in [0, 0.05) is 6.54 Å². The molecular formula is C19H22ClNO2. The summed E-state index contributed by atoms with van der Waals surface area (Å²) >= 11 is 0. The standard InChI is InChI=1S/C19H21NO2.ClH/c1-19(12-21,13-22)20-11-16-7-4-6-15-10-9-14-5-2-3-8-17(14)18(15)16;/h2-10,20-22H,11-13H2,1H3;1H. The molecule has 0 heterocycles. The normalized spacial score (nSPS) is 11.6. The molecule has 3 aromatic rings. The van der Waals surface area contributed by atoms with Crippen molar-refractivity contribution < 1.29 is 10.2 Å². The van der Waals surface area contributed by atoms with Gasteiger partial charge in [0.25, 0.3) is 0 Å². The summed E-state index contributed by atoms with van der Waals surface area (Å²) in [6.45, 7) is 2.21. The van der Waals surface area contributed by atoms with Crippen molar-refractivity contribution in [1.82, 2.24) is 5.32 Å². The summed E-state index contributed by atoms with van der Waals surface area (Å²) in [4.78, 5) is 0. The highest BCUT2D eigenvalue weighted by atomic mass is 35.5. The van der Waals surface area contributed by atoms with Crippen molar-refractivity contribution in [1.29, 1.82) is 0 Å². The van der Waals surface area contributed by atoms with Gasteiger partial charge in [-0.05, 0) is 34.0 Å². The average molecular weight is 332 g/mol. The molecule has 0 saturated heterocycles. The third-order valence-electron chi connectivity index (χ3n) is 4.26. The highest BCUT2D eigenvalue weighted by Gasteiger charge is 2.21. The molecule has 0 aromatic heterocycles. The lowest BCUT2D eigenvalue weighted by Gasteiger charge is -2.26. The topological polar surface area (TPSA) is 52.5 Å². The van der Waals surface area contributed by atoms with Crippen LogP contribution in [0.3, 0.4) is 0 Å². The van der Waals surface area contributed by atoms with Gasteiger partial charge >= 0.3 is 0 Å². The number of benzene rings is 3. The number of aliphatic hydroxyl groups excluding tert-OH is 2. The third-order valence-corrected chi connectivity index (χ3v) is 4.26. The minimum absolute atomic E-state index is 0. The lowest BCUT2D eigenvalue weighted by atomic mass is 9.97. The zero-order valence-corrected chi connectivity index (χ0v) is 13.9. The van der Waals surface area contributed by atoms with Gasteiger partial charge in [0.2, 0.25) is 0 Å². The number of rotatable bonds is 5. The Hall–Kier alpha value is -1.65. The molecule has 122 valence electrons. The Morgan fingerprint density at radius 3 is 2.26 bits per heavy atom. The SMILES string of the molecule is CC(CO)(CO)NCc1cccc2ccc3ccccc3c12.Cl. The second-order valence-electron chi connectivity index (χ2n) is 6.03. The van der Waals surface area contributed by atoms with Crippen LogP contribution in [0.5, 0.6) is 0 Å². The van der Waals surface area contributed by atoms with Gasteiger partial charge in [0.15, 0.2) is 0 Å². The first-order valence-corrected chi connectivity index (χ1v) is 7.53. The molecule has 0 atom stereocenters. The van der Waals surface area contributed by atoms with Crippen LogP contribution >= 0.6 is 12.4 Å². The molecule has 23 heavy (non-hydrogen) atoms. The zero-order chi connectivity index (χ0) is 15.6. The molecule has 0 aliphatic rings. The Morgan fingerprint density at radius 2 is 1.52 bits per heavy atom. The van der Waals surface area contributed by atoms with E-state index >= 15 is 0 Å². The van der Waals surface area contributed by atoms with Gasteiger partial charge in [0.05, 0.1) is 18.8 Å². The van der Waals surface area contributed by atoms with Gasteiger partial charge in [-0.1, -0.05) is 54.6 Å². The van der Waals surface area contributed by atoms with E-state index in [1.165, 1.54) is 27.1 Å². The largest absolute Gasteiger partial charge is 0.394 e. The lowest BCUT2D eigenvalue weighted by Crippen LogP contribution is -2.48. The number of halogens is 1. The van der Waals surface area contributed by atoms with Crippen molar-refractivity contribution in [2.45, 2.75) is 19.0 Å². The van der Waals surface area contributed by atoms with Crippen LogP contribution in [0.25, 0.3) is 21.5 Å². The molecule has 0 unspecified atom stereocenters. The molecule has 0 radical (unpaired) electrons. The summed E-state index contributed by atoms with van der Waals surface area (Å²) in [5.41, 5.74) is 0.495. The molecule has 3 nitrogen and oxygen atoms in total. The first-order chi connectivity index (χ1) is 10.7. The molecule has 0 amide bonds. The number of aliphatic hydroxyl groups is 2. The van der Waals surface area contributed by atoms with Crippen LogP contribution < -0.4 is 5.32 Å². The van der Waals surface area contributed by atoms with E-state index in [9.17, 15) is 10.2 Å². The van der Waals surface area contributed by atoms with Gasteiger partial charge in [-0.3, -0.25) is 0 Å². The fourth-order valence-corrected chi connectivity index (χ4v) is 2.75. The van der Waals surface area contributed by atoms with Crippen LogP contribution in [0, 0.1) is 0 Å². The molecule has 3 rings (SSSR count). The quantitative estimate of drug-likeness (QED) is 0.629. The molecule has 0 spiro atoms. The van der Waals surface area contributed by atoms with Crippen LogP contribution in [-0.4, -0.2) is 29.0 Å². The van der Waals surface area contributed by atoms with Gasteiger partial charge in [-0.2, -0.15) is 0 Å². The van der Waals surface area contributed by atoms with Crippen molar-refractivity contribution in [3.63, 3.8) is 0 Å². The first-order valence-electron chi connectivity index (χ1n) is 7.53. The highest BCUT2D eigenvalue weighted by Crippen LogP contribution is 2.28. The molecule has 3 aromatic carbocycles. The molecule has 0 bridgehead atoms. The minimum Gasteiger partial charge on any atom is -0.394 e. The summed E-state index contributed by atoms with van der Waals surface area (Å²) in [5, 5.41) is 27.0. The van der Waals surface area contributed by atoms with Gasteiger partial charge in [0.1, 0.15) is 0 Å². The molecule has 4 heteroatoms. The van der Waals surface area contributed by atoms with E-state index in [1.54, 1.807) is 0 Å². The maximum absolute atomic E-state index is 9.43. The summed E-state index contributed by atoms with van der Waals surface area (Å²) in [7, 11) is 0. The molecule has 0 fully saturated rings. The fraction of sp³-hybridized carbons (Fsp3) is 0.263. The lowest BCUT2D eigenvalue weighted by molar-refractivity contribution is 0.103. The van der Waals surface area contributed by atoms with Crippen LogP contribution in [0.2, 0.25) is 0 Å². The summed E-state index contributed by atoms with van der Waals surface area (Å²) in [5.74, 6) is 0. The van der Waals surface area contributed by atoms with Crippen LogP contribution in [0.4, 0.5) is 0 Å². The van der Waals surface area contributed by atoms with Crippen LogP contribution in [-0.2, 0) is 6.54 Å². The van der Waals surface area contributed by atoms with Gasteiger partial charge in [-0.15, -0.1) is 12.4 Å². The van der Waals surface area contributed by atoms with E-state index in [0.29, 0.717) is 6.54 Å². The third kappa shape index (κ3) is 3.48. The highest BCUT2D eigenvalue weighted by molar-refractivity contribution is 6.09. The average Bonchev–Trinajstić information content (AvgIpc) is 2.59. The van der Waals surface area contributed by atoms with E-state index in [-0.39, 0.29) is 25.6 Å². The van der Waals surface area contributed by atoms with Crippen molar-refractivity contribution in [2.24, 2.45) is 0 Å². The predicted molar refractivity (Wildman–Crippen MR) is 98.1 cm³/mol. The van der Waals surface area contributed by atoms with Gasteiger partial charge in [-0.25, -0.2) is 0 Å². The van der Waals surface area contributed by atoms with E-state index < -0.39 is 5.54 Å². The van der Waals surface area contributed by atoms with Gasteiger partial charge < -0.3 is 15.5 Å². The summed E-state index contributed by atoms with van der Waals surface area (Å²) in [6, 6.07) is 18.9. The Bertz CT molecular complexity index is 800. The summed E-state index contributed by atoms with van der Waals surface area (Å²) < 4.78 is 0. The van der Waals surface area contributed by atoms with Crippen molar-refractivity contribution >= 4 is 34.0 Å². The van der Waals surface area contributed by atoms with E-state index in [1.807, 2.05) is 19.1 Å². The van der Waals surface area contributed by atoms with Crippen molar-refractivity contribution in [3.8, 4) is 0 Å². The number of hydrogen-bond acceptors (Lipinski definition) is 3. The Balaban J connectivity index is 0.00000192. The number of fused-ring (bicyclic) bond motifs is 3. The van der Waals surface area contributed by atoms with E-state index in [2.05, 4.69) is 47.8 Å². The second-order valence-corrected chi connectivity index (χ2v) is 6.03. The summed E-state index contributed by atoms with van der Waals surface area (Å²) in [6.07, 6.45) is 0. The Kier molecular flexibility index (Phi) is 5.60. The molecule has 0 saturated carbocycles. The maximum Gasteiger partial charge on any atom is 0.0633 e. The van der Waals surface area contributed by atoms with E-state index in [0.717, 1.165) is 0 Å². The second kappa shape index (κ2) is 7.28. The molecule has 0 aliphatic heterocycles. The Labute approximate surface area is 142 Å². The van der Waals surface area contributed by atoms with Crippen LogP contribution in [0.15, 0.2) is 54.6 Å². The van der Waals surface area contributed by atoms with Crippen molar-refractivity contribution in [2.75, 3.05) is 13.2 Å². The van der Waals surface area contributed by atoms with Crippen molar-refractivity contribution in [3.05, 3.63) is 60.2 Å². The maximum atomic E-state index is 9.43. The molecular weight excluding hydrogens is 310 g/mol. The first kappa shape index (κ1) is 17.7. The molecule has 3 N–H and O–H groups in total. The zero-order valence-electron chi connectivity index (χ0n) is 13.1. The number of nitrogens with one attached hydrogen (secondary N) is 1. The smallest absolute Gasteiger partial charge is 0.0633 e.